The molecule has 0 saturated carbocycles. The van der Waals surface area contributed by atoms with Gasteiger partial charge in [0.1, 0.15) is 0 Å². The largest absolute Gasteiger partial charge is 0.390 e. The van der Waals surface area contributed by atoms with Crippen molar-refractivity contribution in [3.05, 3.63) is 45.6 Å². The second kappa shape index (κ2) is 5.39. The van der Waals surface area contributed by atoms with Gasteiger partial charge >= 0.3 is 0 Å². The highest BCUT2D eigenvalue weighted by Crippen LogP contribution is 2.21. The van der Waals surface area contributed by atoms with Crippen molar-refractivity contribution in [1.82, 2.24) is 18.9 Å². The first-order valence-corrected chi connectivity index (χ1v) is 7.75. The van der Waals surface area contributed by atoms with Crippen molar-refractivity contribution in [2.24, 2.45) is 7.05 Å². The van der Waals surface area contributed by atoms with Crippen LogP contribution < -0.4 is 5.56 Å². The van der Waals surface area contributed by atoms with Crippen molar-refractivity contribution in [1.29, 1.82) is 0 Å². The summed E-state index contributed by atoms with van der Waals surface area (Å²) in [6.07, 6.45) is 3.37. The Morgan fingerprint density at radius 1 is 1.50 bits per heavy atom. The van der Waals surface area contributed by atoms with Gasteiger partial charge in [0.15, 0.2) is 10.1 Å². The molecule has 1 N–H and O–H groups in total. The molecule has 3 rings (SSSR count). The monoisotopic (exact) mass is 308 g/mol. The highest BCUT2D eigenvalue weighted by Gasteiger charge is 2.08. The zero-order valence-electron chi connectivity index (χ0n) is 10.7. The van der Waals surface area contributed by atoms with E-state index in [0.717, 1.165) is 16.5 Å². The number of thioether (sulfide) groups is 1. The zero-order chi connectivity index (χ0) is 14.1. The Bertz CT molecular complexity index is 805. The number of imidazole rings is 1. The highest BCUT2D eigenvalue weighted by molar-refractivity contribution is 7.98. The van der Waals surface area contributed by atoms with Crippen molar-refractivity contribution < 1.29 is 5.11 Å². The predicted octanol–water partition coefficient (Wildman–Crippen LogP) is 1.27. The maximum atomic E-state index is 11.9. The van der Waals surface area contributed by atoms with Crippen LogP contribution in [-0.4, -0.2) is 24.0 Å². The van der Waals surface area contributed by atoms with Crippen LogP contribution in [-0.2, 0) is 19.4 Å². The molecule has 3 aromatic rings. The molecule has 0 unspecified atom stereocenters. The minimum atomic E-state index is -0.0669. The van der Waals surface area contributed by atoms with Crippen LogP contribution in [0.4, 0.5) is 0 Å². The Labute approximate surface area is 122 Å². The Kier molecular flexibility index (Phi) is 3.60. The van der Waals surface area contributed by atoms with E-state index in [1.165, 1.54) is 27.5 Å². The van der Waals surface area contributed by atoms with E-state index in [1.54, 1.807) is 18.5 Å². The van der Waals surface area contributed by atoms with Gasteiger partial charge in [-0.25, -0.2) is 9.97 Å². The summed E-state index contributed by atoms with van der Waals surface area (Å²) in [7, 11) is 1.85. The van der Waals surface area contributed by atoms with Crippen LogP contribution in [0.2, 0.25) is 0 Å². The Hall–Kier alpha value is -1.64. The summed E-state index contributed by atoms with van der Waals surface area (Å²) >= 11 is 2.93. The molecule has 20 heavy (non-hydrogen) atoms. The molecule has 8 heteroatoms. The summed E-state index contributed by atoms with van der Waals surface area (Å²) in [5.41, 5.74) is 1.42. The Morgan fingerprint density at radius 2 is 2.35 bits per heavy atom. The molecular formula is C12H12N4O2S2. The lowest BCUT2D eigenvalue weighted by Gasteiger charge is -2.03. The number of aromatic nitrogens is 4. The summed E-state index contributed by atoms with van der Waals surface area (Å²) in [6.45, 7) is -0.0369. The van der Waals surface area contributed by atoms with Gasteiger partial charge in [0.25, 0.3) is 5.56 Å². The van der Waals surface area contributed by atoms with Gasteiger partial charge < -0.3 is 9.67 Å². The molecule has 0 bridgehead atoms. The fourth-order valence-electron chi connectivity index (χ4n) is 1.81. The van der Waals surface area contributed by atoms with Crippen LogP contribution in [0.15, 0.2) is 33.8 Å². The van der Waals surface area contributed by atoms with Crippen molar-refractivity contribution in [2.75, 3.05) is 0 Å². The van der Waals surface area contributed by atoms with E-state index in [2.05, 4.69) is 9.97 Å². The van der Waals surface area contributed by atoms with Crippen LogP contribution in [0.1, 0.15) is 11.4 Å². The summed E-state index contributed by atoms with van der Waals surface area (Å²) in [5.74, 6) is 0.569. The fraction of sp³-hybridized carbons (Fsp3) is 0.250. The van der Waals surface area contributed by atoms with Crippen LogP contribution >= 0.6 is 23.1 Å². The number of aliphatic hydroxyl groups is 1. The van der Waals surface area contributed by atoms with Gasteiger partial charge in [-0.2, -0.15) is 0 Å². The lowest BCUT2D eigenvalue weighted by molar-refractivity contribution is 0.271. The molecule has 0 atom stereocenters. The number of fused-ring (bicyclic) bond motifs is 1. The molecule has 0 amide bonds. The molecule has 0 aromatic carbocycles. The molecule has 0 aliphatic carbocycles. The third kappa shape index (κ3) is 2.37. The van der Waals surface area contributed by atoms with E-state index in [9.17, 15) is 4.79 Å². The molecule has 3 aromatic heterocycles. The molecule has 0 spiro atoms. The van der Waals surface area contributed by atoms with Crippen molar-refractivity contribution in [3.8, 4) is 0 Å². The average Bonchev–Trinajstić information content (AvgIpc) is 3.03. The minimum Gasteiger partial charge on any atom is -0.390 e. The lowest BCUT2D eigenvalue weighted by atomic mass is 10.4. The standard InChI is InChI=1S/C12H12N4O2S2/c1-15-9(6-17)5-13-11(15)20-7-8-4-10(18)16-2-3-19-12(16)14-8/h2-5,17H,6-7H2,1H3. The molecule has 104 valence electrons. The molecule has 0 radical (unpaired) electrons. The Balaban J connectivity index is 1.82. The smallest absolute Gasteiger partial charge is 0.258 e. The first-order chi connectivity index (χ1) is 9.69. The Morgan fingerprint density at radius 3 is 3.10 bits per heavy atom. The number of rotatable bonds is 4. The lowest BCUT2D eigenvalue weighted by Crippen LogP contribution is -2.12. The van der Waals surface area contributed by atoms with Crippen molar-refractivity contribution in [3.63, 3.8) is 0 Å². The van der Waals surface area contributed by atoms with Gasteiger partial charge in [0.2, 0.25) is 0 Å². The molecule has 0 saturated heterocycles. The zero-order valence-corrected chi connectivity index (χ0v) is 12.3. The molecule has 0 fully saturated rings. The predicted molar refractivity (Wildman–Crippen MR) is 78.0 cm³/mol. The number of thiazole rings is 1. The van der Waals surface area contributed by atoms with Gasteiger partial charge in [0.05, 0.1) is 24.2 Å². The van der Waals surface area contributed by atoms with Gasteiger partial charge in [-0.1, -0.05) is 11.8 Å². The van der Waals surface area contributed by atoms with Gasteiger partial charge in [0, 0.05) is 30.4 Å². The number of nitrogens with zero attached hydrogens (tertiary/aromatic N) is 4. The van der Waals surface area contributed by atoms with E-state index in [0.29, 0.717) is 10.7 Å². The maximum absolute atomic E-state index is 11.9. The molecular weight excluding hydrogens is 296 g/mol. The van der Waals surface area contributed by atoms with E-state index in [1.807, 2.05) is 17.0 Å². The minimum absolute atomic E-state index is 0.0369. The topological polar surface area (TPSA) is 72.4 Å². The maximum Gasteiger partial charge on any atom is 0.258 e. The van der Waals surface area contributed by atoms with Gasteiger partial charge in [-0.3, -0.25) is 9.20 Å². The third-order valence-electron chi connectivity index (χ3n) is 2.91. The van der Waals surface area contributed by atoms with Crippen LogP contribution in [0.5, 0.6) is 0 Å². The molecule has 0 aliphatic rings. The highest BCUT2D eigenvalue weighted by atomic mass is 32.2. The van der Waals surface area contributed by atoms with E-state index < -0.39 is 0 Å². The summed E-state index contributed by atoms with van der Waals surface area (Å²) < 4.78 is 3.37. The summed E-state index contributed by atoms with van der Waals surface area (Å²) in [4.78, 5) is 21.2. The number of hydrogen-bond donors (Lipinski definition) is 1. The van der Waals surface area contributed by atoms with Crippen LogP contribution in [0.3, 0.4) is 0 Å². The summed E-state index contributed by atoms with van der Waals surface area (Å²) in [6, 6.07) is 1.54. The van der Waals surface area contributed by atoms with E-state index in [-0.39, 0.29) is 12.2 Å². The molecule has 6 nitrogen and oxygen atoms in total. The fourth-order valence-corrected chi connectivity index (χ4v) is 3.41. The van der Waals surface area contributed by atoms with Crippen molar-refractivity contribution in [2.45, 2.75) is 17.5 Å². The van der Waals surface area contributed by atoms with E-state index in [4.69, 9.17) is 5.11 Å². The second-order valence-electron chi connectivity index (χ2n) is 4.18. The quantitative estimate of drug-likeness (QED) is 0.735. The SMILES string of the molecule is Cn1c(CO)cnc1SCc1cc(=O)n2ccsc2n1. The molecule has 0 aliphatic heterocycles. The third-order valence-corrected chi connectivity index (χ3v) is 4.74. The van der Waals surface area contributed by atoms with Gasteiger partial charge in [-0.15, -0.1) is 11.3 Å². The summed E-state index contributed by atoms with van der Waals surface area (Å²) in [5, 5.41) is 11.8. The molecule has 3 heterocycles. The van der Waals surface area contributed by atoms with Crippen molar-refractivity contribution >= 4 is 28.1 Å². The van der Waals surface area contributed by atoms with Crippen LogP contribution in [0.25, 0.3) is 4.96 Å². The second-order valence-corrected chi connectivity index (χ2v) is 5.99. The van der Waals surface area contributed by atoms with Crippen LogP contribution in [0, 0.1) is 0 Å². The first-order valence-electron chi connectivity index (χ1n) is 5.89. The first kappa shape index (κ1) is 13.3. The van der Waals surface area contributed by atoms with E-state index >= 15 is 0 Å². The normalized spacial score (nSPS) is 11.3. The van der Waals surface area contributed by atoms with Gasteiger partial charge in [-0.05, 0) is 0 Å². The number of aliphatic hydroxyl groups excluding tert-OH is 1. The average molecular weight is 308 g/mol. The number of hydrogen-bond acceptors (Lipinski definition) is 6.